The number of methoxy groups -OCH3 is 2. The molecule has 1 fully saturated rings. The Morgan fingerprint density at radius 1 is 1.19 bits per heavy atom. The minimum atomic E-state index is -1.31. The zero-order chi connectivity index (χ0) is 22.8. The number of aromatic nitrogens is 4. The van der Waals surface area contributed by atoms with Gasteiger partial charge in [0.1, 0.15) is 30.5 Å². The van der Waals surface area contributed by atoms with Crippen LogP contribution in [0.15, 0.2) is 29.5 Å². The van der Waals surface area contributed by atoms with Gasteiger partial charge in [-0.05, 0) is 23.8 Å². The third-order valence-corrected chi connectivity index (χ3v) is 5.23. The summed E-state index contributed by atoms with van der Waals surface area (Å²) >= 11 is 0. The predicted octanol–water partition coefficient (Wildman–Crippen LogP) is -0.344. The highest BCUT2D eigenvalue weighted by Crippen LogP contribution is 2.33. The Balaban J connectivity index is 1.68. The number of imidazole rings is 1. The molecule has 4 unspecified atom stereocenters. The van der Waals surface area contributed by atoms with Gasteiger partial charge in [-0.1, -0.05) is 0 Å². The van der Waals surface area contributed by atoms with Gasteiger partial charge in [0.2, 0.25) is 0 Å². The van der Waals surface area contributed by atoms with Crippen molar-refractivity contribution in [3.8, 4) is 11.5 Å². The Morgan fingerprint density at radius 3 is 2.66 bits per heavy atom. The molecule has 1 aliphatic heterocycles. The van der Waals surface area contributed by atoms with Gasteiger partial charge in [0, 0.05) is 6.21 Å². The van der Waals surface area contributed by atoms with E-state index in [1.54, 1.807) is 32.6 Å². The van der Waals surface area contributed by atoms with Crippen LogP contribution in [0.3, 0.4) is 0 Å². The molecular weight excluding hydrogens is 420 g/mol. The summed E-state index contributed by atoms with van der Waals surface area (Å²) < 4.78 is 17.7. The monoisotopic (exact) mass is 444 g/mol. The number of fused-ring (bicyclic) bond motifs is 1. The number of benzene rings is 1. The zero-order valence-electron chi connectivity index (χ0n) is 17.5. The molecule has 0 spiro atoms. The lowest BCUT2D eigenvalue weighted by atomic mass is 10.1. The number of nitrogens with two attached hydrogens (primary N) is 1. The Bertz CT molecular complexity index is 1140. The molecule has 0 amide bonds. The van der Waals surface area contributed by atoms with Crippen LogP contribution in [-0.2, 0) is 11.3 Å². The third kappa shape index (κ3) is 3.84. The van der Waals surface area contributed by atoms with Crippen molar-refractivity contribution in [1.29, 1.82) is 0 Å². The van der Waals surface area contributed by atoms with Crippen LogP contribution in [-0.4, -0.2) is 80.2 Å². The number of aliphatic imine (C=N–C) groups is 1. The van der Waals surface area contributed by atoms with Gasteiger partial charge in [0.25, 0.3) is 0 Å². The van der Waals surface area contributed by atoms with Gasteiger partial charge in [-0.3, -0.25) is 9.56 Å². The molecule has 4 atom stereocenters. The summed E-state index contributed by atoms with van der Waals surface area (Å²) in [5.74, 6) is 1.72. The van der Waals surface area contributed by atoms with Crippen LogP contribution < -0.4 is 15.2 Å². The number of anilines is 1. The summed E-state index contributed by atoms with van der Waals surface area (Å²) in [5.41, 5.74) is 7.37. The average Bonchev–Trinajstić information content (AvgIpc) is 3.31. The van der Waals surface area contributed by atoms with Gasteiger partial charge in [0.05, 0.1) is 27.4 Å². The van der Waals surface area contributed by atoms with Crippen molar-refractivity contribution in [3.05, 3.63) is 35.9 Å². The molecule has 2 aromatic heterocycles. The highest BCUT2D eigenvalue weighted by molar-refractivity contribution is 5.82. The van der Waals surface area contributed by atoms with Crippen molar-refractivity contribution < 1.29 is 29.5 Å². The Morgan fingerprint density at radius 2 is 1.97 bits per heavy atom. The Labute approximate surface area is 182 Å². The molecule has 12 nitrogen and oxygen atoms in total. The van der Waals surface area contributed by atoms with Crippen LogP contribution >= 0.6 is 0 Å². The lowest BCUT2D eigenvalue weighted by Gasteiger charge is -2.18. The van der Waals surface area contributed by atoms with Crippen LogP contribution in [0, 0.1) is 0 Å². The van der Waals surface area contributed by atoms with Crippen LogP contribution in [0.2, 0.25) is 0 Å². The lowest BCUT2D eigenvalue weighted by molar-refractivity contribution is -0.0522. The molecule has 4 rings (SSSR count). The number of nitrogen functional groups attached to an aromatic ring is 1. The molecule has 0 saturated carbocycles. The van der Waals surface area contributed by atoms with E-state index in [-0.39, 0.29) is 12.4 Å². The van der Waals surface area contributed by atoms with E-state index in [4.69, 9.17) is 19.9 Å². The van der Waals surface area contributed by atoms with Gasteiger partial charge in [-0.15, -0.1) is 0 Å². The quantitative estimate of drug-likeness (QED) is 0.353. The fourth-order valence-corrected chi connectivity index (χ4v) is 3.61. The van der Waals surface area contributed by atoms with E-state index in [9.17, 15) is 15.3 Å². The van der Waals surface area contributed by atoms with E-state index in [0.717, 1.165) is 5.56 Å². The second-order valence-corrected chi connectivity index (χ2v) is 7.14. The Hall–Kier alpha value is -3.32. The lowest BCUT2D eigenvalue weighted by Crippen LogP contribution is -2.33. The van der Waals surface area contributed by atoms with Gasteiger partial charge in [0.15, 0.2) is 34.7 Å². The first-order valence-corrected chi connectivity index (χ1v) is 9.80. The molecule has 32 heavy (non-hydrogen) atoms. The number of hydrogen-bond donors (Lipinski definition) is 4. The van der Waals surface area contributed by atoms with E-state index >= 15 is 0 Å². The molecule has 170 valence electrons. The molecule has 12 heteroatoms. The van der Waals surface area contributed by atoms with E-state index in [1.807, 2.05) is 6.07 Å². The van der Waals surface area contributed by atoms with Crippen molar-refractivity contribution >= 4 is 23.2 Å². The number of aliphatic hydroxyl groups excluding tert-OH is 3. The fraction of sp³-hybridized carbons (Fsp3) is 0.400. The summed E-state index contributed by atoms with van der Waals surface area (Å²) in [5, 5.41) is 30.1. The van der Waals surface area contributed by atoms with Crippen LogP contribution in [0.5, 0.6) is 11.5 Å². The van der Waals surface area contributed by atoms with Crippen molar-refractivity contribution in [2.75, 3.05) is 26.6 Å². The summed E-state index contributed by atoms with van der Waals surface area (Å²) in [4.78, 5) is 17.1. The highest BCUT2D eigenvalue weighted by Gasteiger charge is 2.44. The van der Waals surface area contributed by atoms with Gasteiger partial charge in [-0.25, -0.2) is 15.0 Å². The second-order valence-electron chi connectivity index (χ2n) is 7.14. The molecule has 3 heterocycles. The number of nitrogens with zero attached hydrogens (tertiary/aromatic N) is 5. The van der Waals surface area contributed by atoms with Gasteiger partial charge in [-0.2, -0.15) is 0 Å². The maximum atomic E-state index is 10.5. The first-order valence-electron chi connectivity index (χ1n) is 9.80. The first-order chi connectivity index (χ1) is 15.5. The summed E-state index contributed by atoms with van der Waals surface area (Å²) in [6.07, 6.45) is -1.66. The van der Waals surface area contributed by atoms with Crippen molar-refractivity contribution in [1.82, 2.24) is 19.5 Å². The van der Waals surface area contributed by atoms with Crippen molar-refractivity contribution in [2.24, 2.45) is 4.99 Å². The normalized spacial score (nSPS) is 23.3. The minimum absolute atomic E-state index is 0.0939. The molecule has 0 aliphatic carbocycles. The molecule has 5 N–H and O–H groups in total. The van der Waals surface area contributed by atoms with Gasteiger partial charge >= 0.3 is 0 Å². The van der Waals surface area contributed by atoms with E-state index in [2.05, 4.69) is 19.9 Å². The number of hydrogen-bond acceptors (Lipinski definition) is 11. The highest BCUT2D eigenvalue weighted by atomic mass is 16.6. The maximum absolute atomic E-state index is 10.5. The zero-order valence-corrected chi connectivity index (χ0v) is 17.5. The molecule has 0 bridgehead atoms. The number of aliphatic hydroxyl groups is 3. The van der Waals surface area contributed by atoms with E-state index in [0.29, 0.717) is 28.5 Å². The third-order valence-electron chi connectivity index (χ3n) is 5.23. The molecule has 1 aliphatic rings. The van der Waals surface area contributed by atoms with Crippen molar-refractivity contribution in [3.63, 3.8) is 0 Å². The smallest absolute Gasteiger partial charge is 0.167 e. The van der Waals surface area contributed by atoms with Crippen LogP contribution in [0.1, 0.15) is 17.6 Å². The molecule has 3 aromatic rings. The van der Waals surface area contributed by atoms with Crippen LogP contribution in [0.25, 0.3) is 11.2 Å². The average molecular weight is 444 g/mol. The Kier molecular flexibility index (Phi) is 6.19. The maximum Gasteiger partial charge on any atom is 0.167 e. The van der Waals surface area contributed by atoms with E-state index in [1.165, 1.54) is 10.9 Å². The fourth-order valence-electron chi connectivity index (χ4n) is 3.61. The van der Waals surface area contributed by atoms with Gasteiger partial charge < -0.3 is 35.3 Å². The second kappa shape index (κ2) is 9.04. The van der Waals surface area contributed by atoms with Crippen LogP contribution in [0.4, 0.5) is 5.82 Å². The first kappa shape index (κ1) is 21.9. The summed E-state index contributed by atoms with van der Waals surface area (Å²) in [6.45, 7) is -0.359. The topological polar surface area (TPSA) is 170 Å². The standard InChI is InChI=1S/C20H24N6O6/c1-30-11-4-3-10(5-12(11)31-2)6-22-7-14-25-15-18(21)23-9-24-19(15)26(14)20-17(29)16(28)13(8-27)32-20/h3-6,9,13,16-17,20,27-29H,7-8H2,1-2H3,(H2,21,23,24). The van der Waals surface area contributed by atoms with Crippen molar-refractivity contribution in [2.45, 2.75) is 31.1 Å². The van der Waals surface area contributed by atoms with E-state index < -0.39 is 31.1 Å². The SMILES string of the molecule is COc1ccc(C=NCc2nc3c(N)ncnc3n2C2OC(CO)C(O)C2O)cc1OC. The molecule has 1 aromatic carbocycles. The number of rotatable bonds is 7. The molecular formula is C20H24N6O6. The number of ether oxygens (including phenoxy) is 3. The summed E-state index contributed by atoms with van der Waals surface area (Å²) in [7, 11) is 3.11. The largest absolute Gasteiger partial charge is 0.493 e. The molecule has 1 saturated heterocycles. The molecule has 0 radical (unpaired) electrons. The minimum Gasteiger partial charge on any atom is -0.493 e. The summed E-state index contributed by atoms with van der Waals surface area (Å²) in [6, 6.07) is 5.37. The predicted molar refractivity (Wildman–Crippen MR) is 114 cm³/mol.